The first-order chi connectivity index (χ1) is 9.79. The average Bonchev–Trinajstić information content (AvgIpc) is 2.49. The molecule has 1 aromatic carbocycles. The maximum Gasteiger partial charge on any atom is 0.251 e. The highest BCUT2D eigenvalue weighted by molar-refractivity contribution is 5.94. The maximum absolute atomic E-state index is 12.0. The van der Waals surface area contributed by atoms with Gasteiger partial charge in [-0.1, -0.05) is 12.1 Å². The third kappa shape index (κ3) is 4.17. The molecule has 104 valence electrons. The topological polar surface area (TPSA) is 68.0 Å². The summed E-state index contributed by atoms with van der Waals surface area (Å²) in [6.07, 6.45) is 5.16. The summed E-state index contributed by atoms with van der Waals surface area (Å²) in [6, 6.07) is 11.5. The molecule has 2 rings (SSSR count). The van der Waals surface area contributed by atoms with E-state index in [9.17, 15) is 4.79 Å². The van der Waals surface area contributed by atoms with Gasteiger partial charge in [-0.25, -0.2) is 0 Å². The van der Waals surface area contributed by atoms with Gasteiger partial charge in [0.25, 0.3) is 5.91 Å². The van der Waals surface area contributed by atoms with Gasteiger partial charge < -0.3 is 11.1 Å². The zero-order valence-electron chi connectivity index (χ0n) is 11.4. The molecule has 0 fully saturated rings. The predicted molar refractivity (Wildman–Crippen MR) is 79.5 cm³/mol. The number of pyridine rings is 1. The first-order valence-corrected chi connectivity index (χ1v) is 6.75. The summed E-state index contributed by atoms with van der Waals surface area (Å²) in [5.41, 5.74) is 8.50. The second-order valence-corrected chi connectivity index (χ2v) is 4.60. The standard InChI is InChI=1S/C16H19N3O/c17-9-5-13-1-3-15(4-2-13)16(20)19-12-8-14-6-10-18-11-7-14/h1-4,6-7,10-11H,5,8-9,12,17H2,(H,19,20). The summed E-state index contributed by atoms with van der Waals surface area (Å²) in [5, 5.41) is 2.91. The van der Waals surface area contributed by atoms with Gasteiger partial charge in [0.05, 0.1) is 0 Å². The molecular formula is C16H19N3O. The molecule has 0 aliphatic heterocycles. The van der Waals surface area contributed by atoms with Crippen molar-refractivity contribution in [2.45, 2.75) is 12.8 Å². The van der Waals surface area contributed by atoms with Crippen LogP contribution in [0.25, 0.3) is 0 Å². The minimum absolute atomic E-state index is 0.0432. The van der Waals surface area contributed by atoms with Gasteiger partial charge in [0.1, 0.15) is 0 Å². The van der Waals surface area contributed by atoms with Crippen molar-refractivity contribution < 1.29 is 4.79 Å². The van der Waals surface area contributed by atoms with Gasteiger partial charge in [0.15, 0.2) is 0 Å². The molecule has 2 aromatic rings. The van der Waals surface area contributed by atoms with E-state index in [2.05, 4.69) is 10.3 Å². The first-order valence-electron chi connectivity index (χ1n) is 6.75. The van der Waals surface area contributed by atoms with Crippen molar-refractivity contribution in [1.29, 1.82) is 0 Å². The van der Waals surface area contributed by atoms with Crippen LogP contribution in [0.3, 0.4) is 0 Å². The predicted octanol–water partition coefficient (Wildman–Crippen LogP) is 1.56. The van der Waals surface area contributed by atoms with E-state index in [1.807, 2.05) is 36.4 Å². The number of amides is 1. The normalized spacial score (nSPS) is 10.2. The van der Waals surface area contributed by atoms with E-state index in [1.54, 1.807) is 12.4 Å². The number of nitrogens with one attached hydrogen (secondary N) is 1. The van der Waals surface area contributed by atoms with E-state index in [0.717, 1.165) is 18.4 Å². The minimum Gasteiger partial charge on any atom is -0.352 e. The Morgan fingerprint density at radius 2 is 1.65 bits per heavy atom. The molecule has 1 heterocycles. The molecule has 0 bridgehead atoms. The highest BCUT2D eigenvalue weighted by atomic mass is 16.1. The summed E-state index contributed by atoms with van der Waals surface area (Å²) < 4.78 is 0. The number of carbonyl (C=O) groups excluding carboxylic acids is 1. The molecule has 4 nitrogen and oxygen atoms in total. The third-order valence-electron chi connectivity index (χ3n) is 3.10. The quantitative estimate of drug-likeness (QED) is 0.836. The first kappa shape index (κ1) is 14.2. The van der Waals surface area contributed by atoms with Gasteiger partial charge in [0, 0.05) is 24.5 Å². The Morgan fingerprint density at radius 3 is 2.30 bits per heavy atom. The molecule has 4 heteroatoms. The van der Waals surface area contributed by atoms with Crippen LogP contribution in [0.2, 0.25) is 0 Å². The molecule has 0 spiro atoms. The summed E-state index contributed by atoms with van der Waals surface area (Å²) in [6.45, 7) is 1.24. The van der Waals surface area contributed by atoms with Gasteiger partial charge in [-0.2, -0.15) is 0 Å². The van der Waals surface area contributed by atoms with Crippen molar-refractivity contribution in [3.63, 3.8) is 0 Å². The zero-order chi connectivity index (χ0) is 14.2. The highest BCUT2D eigenvalue weighted by Crippen LogP contribution is 2.05. The number of nitrogens with two attached hydrogens (primary N) is 1. The number of aromatic nitrogens is 1. The lowest BCUT2D eigenvalue weighted by Crippen LogP contribution is -2.25. The Morgan fingerprint density at radius 1 is 1.00 bits per heavy atom. The Balaban J connectivity index is 1.82. The van der Waals surface area contributed by atoms with Gasteiger partial charge in [-0.3, -0.25) is 9.78 Å². The fourth-order valence-electron chi connectivity index (χ4n) is 1.96. The van der Waals surface area contributed by atoms with E-state index < -0.39 is 0 Å². The Hall–Kier alpha value is -2.20. The molecule has 0 aliphatic rings. The zero-order valence-corrected chi connectivity index (χ0v) is 11.4. The lowest BCUT2D eigenvalue weighted by Gasteiger charge is -2.06. The van der Waals surface area contributed by atoms with Crippen LogP contribution < -0.4 is 11.1 Å². The number of rotatable bonds is 6. The second-order valence-electron chi connectivity index (χ2n) is 4.60. The molecule has 0 unspecified atom stereocenters. The van der Waals surface area contributed by atoms with E-state index in [4.69, 9.17) is 5.73 Å². The van der Waals surface area contributed by atoms with Crippen LogP contribution in [0.1, 0.15) is 21.5 Å². The van der Waals surface area contributed by atoms with Gasteiger partial charge >= 0.3 is 0 Å². The fourth-order valence-corrected chi connectivity index (χ4v) is 1.96. The Bertz CT molecular complexity index is 537. The summed E-state index contributed by atoms with van der Waals surface area (Å²) in [5.74, 6) is -0.0432. The maximum atomic E-state index is 12.0. The SMILES string of the molecule is NCCc1ccc(C(=O)NCCc2ccncc2)cc1. The molecule has 0 saturated heterocycles. The van der Waals surface area contributed by atoms with Crippen LogP contribution in [0.15, 0.2) is 48.8 Å². The smallest absolute Gasteiger partial charge is 0.251 e. The van der Waals surface area contributed by atoms with Gasteiger partial charge in [-0.05, 0) is 54.8 Å². The molecule has 0 radical (unpaired) electrons. The van der Waals surface area contributed by atoms with Gasteiger partial charge in [-0.15, -0.1) is 0 Å². The number of benzene rings is 1. The summed E-state index contributed by atoms with van der Waals surface area (Å²) >= 11 is 0. The molecule has 20 heavy (non-hydrogen) atoms. The van der Waals surface area contributed by atoms with Crippen molar-refractivity contribution in [2.24, 2.45) is 5.73 Å². The van der Waals surface area contributed by atoms with Crippen LogP contribution in [0.5, 0.6) is 0 Å². The second kappa shape index (κ2) is 7.40. The Labute approximate surface area is 119 Å². The largest absolute Gasteiger partial charge is 0.352 e. The molecule has 3 N–H and O–H groups in total. The van der Waals surface area contributed by atoms with Crippen molar-refractivity contribution in [3.05, 3.63) is 65.5 Å². The number of nitrogens with zero attached hydrogens (tertiary/aromatic N) is 1. The summed E-state index contributed by atoms with van der Waals surface area (Å²) in [7, 11) is 0. The van der Waals surface area contributed by atoms with Crippen LogP contribution in [-0.2, 0) is 12.8 Å². The van der Waals surface area contributed by atoms with E-state index >= 15 is 0 Å². The molecule has 0 saturated carbocycles. The van der Waals surface area contributed by atoms with Crippen molar-refractivity contribution in [1.82, 2.24) is 10.3 Å². The average molecular weight is 269 g/mol. The highest BCUT2D eigenvalue weighted by Gasteiger charge is 2.04. The third-order valence-corrected chi connectivity index (χ3v) is 3.10. The molecule has 1 aromatic heterocycles. The molecule has 1 amide bonds. The monoisotopic (exact) mass is 269 g/mol. The van der Waals surface area contributed by atoms with Crippen LogP contribution >= 0.6 is 0 Å². The fraction of sp³-hybridized carbons (Fsp3) is 0.250. The van der Waals surface area contributed by atoms with E-state index in [0.29, 0.717) is 18.7 Å². The lowest BCUT2D eigenvalue weighted by atomic mass is 10.1. The number of hydrogen-bond donors (Lipinski definition) is 2. The van der Waals surface area contributed by atoms with E-state index in [1.165, 1.54) is 5.56 Å². The minimum atomic E-state index is -0.0432. The van der Waals surface area contributed by atoms with Crippen molar-refractivity contribution >= 4 is 5.91 Å². The van der Waals surface area contributed by atoms with E-state index in [-0.39, 0.29) is 5.91 Å². The van der Waals surface area contributed by atoms with Crippen LogP contribution in [-0.4, -0.2) is 24.0 Å². The van der Waals surface area contributed by atoms with Crippen LogP contribution in [0, 0.1) is 0 Å². The van der Waals surface area contributed by atoms with Crippen molar-refractivity contribution in [3.8, 4) is 0 Å². The number of carbonyl (C=O) groups is 1. The number of hydrogen-bond acceptors (Lipinski definition) is 3. The Kier molecular flexibility index (Phi) is 5.26. The molecule has 0 atom stereocenters. The molecule has 0 aliphatic carbocycles. The van der Waals surface area contributed by atoms with Gasteiger partial charge in [0.2, 0.25) is 0 Å². The lowest BCUT2D eigenvalue weighted by molar-refractivity contribution is 0.0954. The van der Waals surface area contributed by atoms with Crippen molar-refractivity contribution in [2.75, 3.05) is 13.1 Å². The molecular weight excluding hydrogens is 250 g/mol. The van der Waals surface area contributed by atoms with Crippen LogP contribution in [0.4, 0.5) is 0 Å². The summed E-state index contributed by atoms with van der Waals surface area (Å²) in [4.78, 5) is 15.9.